The molecule has 2 unspecified atom stereocenters. The van der Waals surface area contributed by atoms with Gasteiger partial charge in [-0.2, -0.15) is 17.5 Å². The lowest BCUT2D eigenvalue weighted by Gasteiger charge is -2.57. The summed E-state index contributed by atoms with van der Waals surface area (Å²) in [6.45, 7) is 2.60. The van der Waals surface area contributed by atoms with Crippen LogP contribution < -0.4 is 5.73 Å². The van der Waals surface area contributed by atoms with Gasteiger partial charge in [0.1, 0.15) is 0 Å². The van der Waals surface area contributed by atoms with Crippen molar-refractivity contribution in [3.05, 3.63) is 71.4 Å². The first-order chi connectivity index (χ1) is 18.0. The molecule has 0 aliphatic carbocycles. The van der Waals surface area contributed by atoms with Crippen LogP contribution in [0.3, 0.4) is 0 Å². The van der Waals surface area contributed by atoms with E-state index in [1.165, 1.54) is 22.6 Å². The molecule has 206 valence electrons. The van der Waals surface area contributed by atoms with E-state index < -0.39 is 26.7 Å². The van der Waals surface area contributed by atoms with Crippen molar-refractivity contribution in [3.8, 4) is 0 Å². The van der Waals surface area contributed by atoms with Crippen molar-refractivity contribution in [2.24, 2.45) is 10.7 Å². The summed E-state index contributed by atoms with van der Waals surface area (Å²) in [6, 6.07) is 11.5. The highest BCUT2D eigenvalue weighted by molar-refractivity contribution is 7.89. The molecule has 2 saturated heterocycles. The van der Waals surface area contributed by atoms with Crippen molar-refractivity contribution in [1.29, 1.82) is 0 Å². The summed E-state index contributed by atoms with van der Waals surface area (Å²) in [6.07, 6.45) is -2.11. The van der Waals surface area contributed by atoms with E-state index in [9.17, 15) is 26.7 Å². The zero-order valence-electron chi connectivity index (χ0n) is 21.4. The van der Waals surface area contributed by atoms with Gasteiger partial charge < -0.3 is 10.8 Å². The van der Waals surface area contributed by atoms with E-state index in [0.717, 1.165) is 34.5 Å². The standard InChI is InChI=1S/C27H33F3N4O3S/c1-18(32-2)21(15-31)19-9-11-20(12-10-19)26-23-16-33(13-5-6-14-34(23)24(26)17-35)38(36,37)25-8-4-3-7-22(25)27(28,29)30/h3-4,7-12,15,23-24,26,35H,5-6,13-14,16-17,31H2,1-2H3/t23?,24-,26?/m1/s1. The van der Waals surface area contributed by atoms with E-state index in [0.29, 0.717) is 19.4 Å². The number of aliphatic hydroxyl groups is 1. The smallest absolute Gasteiger partial charge is 0.404 e. The Morgan fingerprint density at radius 1 is 1.13 bits per heavy atom. The lowest BCUT2D eigenvalue weighted by atomic mass is 9.74. The SMILES string of the molecule is CN=C(C)C(=CN)c1ccc(C2C3CN(S(=O)(=O)c4ccccc4C(F)(F)F)CCCCN3[C@@H]2CO)cc1. The van der Waals surface area contributed by atoms with Gasteiger partial charge in [0.2, 0.25) is 10.0 Å². The molecule has 0 amide bonds. The van der Waals surface area contributed by atoms with Gasteiger partial charge in [0.15, 0.2) is 0 Å². The molecule has 2 aliphatic heterocycles. The average molecular weight is 551 g/mol. The zero-order valence-corrected chi connectivity index (χ0v) is 22.2. The molecule has 4 rings (SSSR count). The predicted octanol–water partition coefficient (Wildman–Crippen LogP) is 3.71. The Labute approximate surface area is 221 Å². The molecule has 2 aliphatic rings. The second kappa shape index (κ2) is 11.2. The topological polar surface area (TPSA) is 99.2 Å². The number of rotatable bonds is 6. The Balaban J connectivity index is 1.66. The molecule has 0 radical (unpaired) electrons. The van der Waals surface area contributed by atoms with Crippen molar-refractivity contribution in [2.45, 2.75) is 48.8 Å². The fourth-order valence-corrected chi connectivity index (χ4v) is 7.33. The van der Waals surface area contributed by atoms with E-state index in [-0.39, 0.29) is 37.7 Å². The molecule has 3 atom stereocenters. The summed E-state index contributed by atoms with van der Waals surface area (Å²) < 4.78 is 69.3. The summed E-state index contributed by atoms with van der Waals surface area (Å²) in [7, 11) is -2.73. The molecule has 38 heavy (non-hydrogen) atoms. The third kappa shape index (κ3) is 5.25. The Hall–Kier alpha value is -2.73. The van der Waals surface area contributed by atoms with Gasteiger partial charge in [-0.3, -0.25) is 9.89 Å². The molecule has 2 aromatic carbocycles. The van der Waals surface area contributed by atoms with Crippen molar-refractivity contribution in [2.75, 3.05) is 33.3 Å². The number of allylic oxidation sites excluding steroid dienone is 1. The summed E-state index contributed by atoms with van der Waals surface area (Å²) in [5.41, 5.74) is 8.01. The Morgan fingerprint density at radius 3 is 2.39 bits per heavy atom. The molecule has 7 nitrogen and oxygen atoms in total. The first kappa shape index (κ1) is 28.3. The van der Waals surface area contributed by atoms with Gasteiger partial charge in [0.05, 0.1) is 17.1 Å². The highest BCUT2D eigenvalue weighted by Gasteiger charge is 2.50. The lowest BCUT2D eigenvalue weighted by molar-refractivity contribution is -0.139. The number of nitrogens with two attached hydrogens (primary N) is 1. The number of aliphatic hydroxyl groups excluding tert-OH is 1. The van der Waals surface area contributed by atoms with Crippen LogP contribution in [0.2, 0.25) is 0 Å². The second-order valence-electron chi connectivity index (χ2n) is 9.66. The number of benzene rings is 2. The first-order valence-corrected chi connectivity index (χ1v) is 14.0. The highest BCUT2D eigenvalue weighted by atomic mass is 32.2. The molecule has 0 saturated carbocycles. The number of nitrogens with zero attached hydrogens (tertiary/aromatic N) is 3. The number of alkyl halides is 3. The van der Waals surface area contributed by atoms with Crippen LogP contribution in [-0.4, -0.2) is 73.8 Å². The first-order valence-electron chi connectivity index (χ1n) is 12.5. The van der Waals surface area contributed by atoms with Crippen LogP contribution in [-0.2, 0) is 16.2 Å². The maximum absolute atomic E-state index is 13.7. The number of fused-ring (bicyclic) bond motifs is 1. The quantitative estimate of drug-likeness (QED) is 0.535. The minimum atomic E-state index is -4.79. The minimum Gasteiger partial charge on any atom is -0.404 e. The van der Waals surface area contributed by atoms with Crippen LogP contribution in [0.25, 0.3) is 5.57 Å². The molecular weight excluding hydrogens is 517 g/mol. The molecule has 2 heterocycles. The maximum atomic E-state index is 13.7. The Bertz CT molecular complexity index is 1310. The molecule has 0 aromatic heterocycles. The van der Waals surface area contributed by atoms with Crippen molar-refractivity contribution in [3.63, 3.8) is 0 Å². The molecule has 3 N–H and O–H groups in total. The van der Waals surface area contributed by atoms with Gasteiger partial charge in [-0.15, -0.1) is 0 Å². The monoisotopic (exact) mass is 550 g/mol. The van der Waals surface area contributed by atoms with Crippen molar-refractivity contribution >= 4 is 21.3 Å². The largest absolute Gasteiger partial charge is 0.417 e. The molecule has 2 fully saturated rings. The third-order valence-electron chi connectivity index (χ3n) is 7.64. The molecule has 0 spiro atoms. The van der Waals surface area contributed by atoms with Crippen LogP contribution >= 0.6 is 0 Å². The second-order valence-corrected chi connectivity index (χ2v) is 11.6. The summed E-state index contributed by atoms with van der Waals surface area (Å²) in [5.74, 6) is -0.186. The highest BCUT2D eigenvalue weighted by Crippen LogP contribution is 2.43. The molecular formula is C27H33F3N4O3S. The normalized spacial score (nSPS) is 24.3. The van der Waals surface area contributed by atoms with E-state index in [4.69, 9.17) is 5.73 Å². The fraction of sp³-hybridized carbons (Fsp3) is 0.444. The zero-order chi connectivity index (χ0) is 27.7. The Morgan fingerprint density at radius 2 is 1.79 bits per heavy atom. The number of halogens is 3. The van der Waals surface area contributed by atoms with Crippen LogP contribution in [0, 0.1) is 0 Å². The lowest BCUT2D eigenvalue weighted by Crippen LogP contribution is -2.67. The summed E-state index contributed by atoms with van der Waals surface area (Å²) in [4.78, 5) is 5.54. The van der Waals surface area contributed by atoms with E-state index in [1.54, 1.807) is 7.05 Å². The average Bonchev–Trinajstić information content (AvgIpc) is 2.88. The van der Waals surface area contributed by atoms with Gasteiger partial charge in [0.25, 0.3) is 0 Å². The van der Waals surface area contributed by atoms with Gasteiger partial charge in [-0.05, 0) is 49.6 Å². The number of aliphatic imine (C=N–C) groups is 1. The van der Waals surface area contributed by atoms with Crippen LogP contribution in [0.4, 0.5) is 13.2 Å². The molecule has 0 bridgehead atoms. The van der Waals surface area contributed by atoms with Crippen molar-refractivity contribution < 1.29 is 26.7 Å². The summed E-state index contributed by atoms with van der Waals surface area (Å²) in [5, 5.41) is 10.2. The number of hydrogen-bond donors (Lipinski definition) is 2. The van der Waals surface area contributed by atoms with Crippen LogP contribution in [0.1, 0.15) is 42.4 Å². The molecule has 11 heteroatoms. The van der Waals surface area contributed by atoms with Gasteiger partial charge in [-0.1, -0.05) is 36.4 Å². The molecule has 2 aromatic rings. The number of hydrogen-bond acceptors (Lipinski definition) is 6. The Kier molecular flexibility index (Phi) is 8.32. The van der Waals surface area contributed by atoms with E-state index >= 15 is 0 Å². The van der Waals surface area contributed by atoms with Crippen molar-refractivity contribution in [1.82, 2.24) is 9.21 Å². The van der Waals surface area contributed by atoms with Crippen LogP contribution in [0.5, 0.6) is 0 Å². The fourth-order valence-electron chi connectivity index (χ4n) is 5.62. The number of sulfonamides is 1. The van der Waals surface area contributed by atoms with E-state index in [1.807, 2.05) is 31.2 Å². The minimum absolute atomic E-state index is 0.0347. The van der Waals surface area contributed by atoms with E-state index in [2.05, 4.69) is 9.89 Å². The van der Waals surface area contributed by atoms with Gasteiger partial charge in [-0.25, -0.2) is 8.42 Å². The maximum Gasteiger partial charge on any atom is 0.417 e. The van der Waals surface area contributed by atoms with Gasteiger partial charge in [0, 0.05) is 55.6 Å². The summed E-state index contributed by atoms with van der Waals surface area (Å²) >= 11 is 0. The van der Waals surface area contributed by atoms with Gasteiger partial charge >= 0.3 is 6.18 Å². The predicted molar refractivity (Wildman–Crippen MR) is 141 cm³/mol. The van der Waals surface area contributed by atoms with Crippen LogP contribution in [0.15, 0.2) is 64.6 Å². The third-order valence-corrected chi connectivity index (χ3v) is 9.56.